The summed E-state index contributed by atoms with van der Waals surface area (Å²) in [5, 5.41) is 4.82. The Labute approximate surface area is 155 Å². The third-order valence-corrected chi connectivity index (χ3v) is 5.27. The number of nitrogens with one attached hydrogen (secondary N) is 2. The Morgan fingerprint density at radius 1 is 1.27 bits per heavy atom. The van der Waals surface area contributed by atoms with Crippen LogP contribution in [0.2, 0.25) is 0 Å². The Hall–Kier alpha value is -2.80. The number of carbonyl (C=O) groups is 1. The first kappa shape index (κ1) is 18.0. The number of hydrogen-bond donors (Lipinski definition) is 2. The van der Waals surface area contributed by atoms with Crippen LogP contribution in [0.5, 0.6) is 0 Å². The number of benzene rings is 1. The monoisotopic (exact) mass is 368 g/mol. The van der Waals surface area contributed by atoms with Gasteiger partial charge < -0.3 is 4.98 Å². The number of hydrazone groups is 1. The Morgan fingerprint density at radius 2 is 2.00 bits per heavy atom. The van der Waals surface area contributed by atoms with Crippen molar-refractivity contribution in [2.75, 3.05) is 0 Å². The van der Waals surface area contributed by atoms with Gasteiger partial charge >= 0.3 is 0 Å². The largest absolute Gasteiger partial charge is 0.309 e. The topological polar surface area (TPSA) is 87.2 Å². The SMILES string of the molecule is CC/C(=N/NC(=O)Cc1nc2sc(C)c(C)c2c(=O)[nH]1)c1ccccc1. The second-order valence-corrected chi connectivity index (χ2v) is 7.17. The average molecular weight is 368 g/mol. The quantitative estimate of drug-likeness (QED) is 0.536. The highest BCUT2D eigenvalue weighted by Gasteiger charge is 2.13. The van der Waals surface area contributed by atoms with E-state index in [1.807, 2.05) is 51.1 Å². The van der Waals surface area contributed by atoms with E-state index >= 15 is 0 Å². The first-order valence-corrected chi connectivity index (χ1v) is 9.21. The van der Waals surface area contributed by atoms with Gasteiger partial charge in [-0.15, -0.1) is 11.3 Å². The fraction of sp³-hybridized carbons (Fsp3) is 0.263. The smallest absolute Gasteiger partial charge is 0.259 e. The summed E-state index contributed by atoms with van der Waals surface area (Å²) in [6.45, 7) is 5.84. The number of nitrogens with zero attached hydrogens (tertiary/aromatic N) is 2. The first-order valence-electron chi connectivity index (χ1n) is 8.39. The van der Waals surface area contributed by atoms with Crippen LogP contribution in [-0.4, -0.2) is 21.6 Å². The van der Waals surface area contributed by atoms with Crippen molar-refractivity contribution in [1.29, 1.82) is 0 Å². The molecule has 2 heterocycles. The second-order valence-electron chi connectivity index (χ2n) is 5.97. The molecule has 3 rings (SSSR count). The molecule has 0 spiro atoms. The maximum Gasteiger partial charge on any atom is 0.259 e. The van der Waals surface area contributed by atoms with E-state index in [0.717, 1.165) is 21.7 Å². The minimum absolute atomic E-state index is 0.0313. The number of thiophene rings is 1. The molecule has 1 aromatic carbocycles. The molecule has 2 N–H and O–H groups in total. The molecule has 0 aliphatic rings. The van der Waals surface area contributed by atoms with Crippen molar-refractivity contribution in [3.8, 4) is 0 Å². The van der Waals surface area contributed by atoms with Gasteiger partial charge in [-0.3, -0.25) is 9.59 Å². The molecule has 1 amide bonds. The van der Waals surface area contributed by atoms with Gasteiger partial charge in [0.15, 0.2) is 0 Å². The van der Waals surface area contributed by atoms with Gasteiger partial charge in [0.05, 0.1) is 17.5 Å². The molecule has 0 radical (unpaired) electrons. The van der Waals surface area contributed by atoms with E-state index in [9.17, 15) is 9.59 Å². The van der Waals surface area contributed by atoms with Crippen LogP contribution in [0.1, 0.15) is 35.2 Å². The molecule has 0 aliphatic carbocycles. The maximum absolute atomic E-state index is 12.3. The molecule has 6 nitrogen and oxygen atoms in total. The van der Waals surface area contributed by atoms with Crippen molar-refractivity contribution in [2.45, 2.75) is 33.6 Å². The molecule has 0 unspecified atom stereocenters. The second kappa shape index (κ2) is 7.61. The fourth-order valence-corrected chi connectivity index (χ4v) is 3.73. The molecule has 0 saturated heterocycles. The predicted molar refractivity (Wildman–Crippen MR) is 105 cm³/mol. The van der Waals surface area contributed by atoms with E-state index in [2.05, 4.69) is 20.5 Å². The minimum Gasteiger partial charge on any atom is -0.309 e. The number of hydrogen-bond acceptors (Lipinski definition) is 5. The number of amides is 1. The van der Waals surface area contributed by atoms with Gasteiger partial charge in [-0.05, 0) is 31.4 Å². The summed E-state index contributed by atoms with van der Waals surface area (Å²) < 4.78 is 0. The molecule has 3 aromatic rings. The summed E-state index contributed by atoms with van der Waals surface area (Å²) in [5.41, 5.74) is 5.05. The lowest BCUT2D eigenvalue weighted by Gasteiger charge is -2.05. The number of fused-ring (bicyclic) bond motifs is 1. The lowest BCUT2D eigenvalue weighted by Crippen LogP contribution is -2.24. The summed E-state index contributed by atoms with van der Waals surface area (Å²) in [6, 6.07) is 9.68. The zero-order chi connectivity index (χ0) is 18.7. The highest BCUT2D eigenvalue weighted by Crippen LogP contribution is 2.25. The summed E-state index contributed by atoms with van der Waals surface area (Å²) in [5.74, 6) is 0.0218. The molecule has 26 heavy (non-hydrogen) atoms. The van der Waals surface area contributed by atoms with Crippen molar-refractivity contribution in [1.82, 2.24) is 15.4 Å². The Morgan fingerprint density at radius 3 is 2.69 bits per heavy atom. The Bertz CT molecular complexity index is 1030. The predicted octanol–water partition coefficient (Wildman–Crippen LogP) is 3.07. The minimum atomic E-state index is -0.320. The van der Waals surface area contributed by atoms with Gasteiger partial charge in [0.1, 0.15) is 10.7 Å². The van der Waals surface area contributed by atoms with Gasteiger partial charge in [-0.25, -0.2) is 10.4 Å². The Kier molecular flexibility index (Phi) is 5.27. The standard InChI is InChI=1S/C19H20N4O2S/c1-4-14(13-8-6-5-7-9-13)22-23-16(24)10-15-20-18(25)17-11(2)12(3)26-19(17)21-15/h5-9H,4,10H2,1-3H3,(H,23,24)(H,20,21,25)/b22-14-. The lowest BCUT2D eigenvalue weighted by molar-refractivity contribution is -0.120. The van der Waals surface area contributed by atoms with Gasteiger partial charge in [0.2, 0.25) is 5.91 Å². The highest BCUT2D eigenvalue weighted by molar-refractivity contribution is 7.18. The fourth-order valence-electron chi connectivity index (χ4n) is 2.68. The third-order valence-electron chi connectivity index (χ3n) is 4.17. The number of carbonyl (C=O) groups excluding carboxylic acids is 1. The Balaban J connectivity index is 1.77. The van der Waals surface area contributed by atoms with Crippen LogP contribution in [0.3, 0.4) is 0 Å². The lowest BCUT2D eigenvalue weighted by atomic mass is 10.1. The van der Waals surface area contributed by atoms with Crippen molar-refractivity contribution in [2.24, 2.45) is 5.10 Å². The zero-order valence-corrected chi connectivity index (χ0v) is 15.7. The summed E-state index contributed by atoms with van der Waals surface area (Å²) in [4.78, 5) is 33.3. The molecule has 7 heteroatoms. The van der Waals surface area contributed by atoms with E-state index in [1.165, 1.54) is 11.3 Å². The van der Waals surface area contributed by atoms with Crippen molar-refractivity contribution >= 4 is 33.2 Å². The average Bonchev–Trinajstić information content (AvgIpc) is 2.91. The van der Waals surface area contributed by atoms with Gasteiger partial charge in [-0.2, -0.15) is 5.10 Å². The van der Waals surface area contributed by atoms with Crippen LogP contribution in [0, 0.1) is 13.8 Å². The first-order chi connectivity index (χ1) is 12.5. The molecule has 0 fully saturated rings. The number of aromatic nitrogens is 2. The third kappa shape index (κ3) is 3.72. The van der Waals surface area contributed by atoms with E-state index in [1.54, 1.807) is 0 Å². The van der Waals surface area contributed by atoms with Gasteiger partial charge in [0, 0.05) is 4.88 Å². The number of aryl methyl sites for hydroxylation is 2. The molecule has 0 saturated carbocycles. The number of aromatic amines is 1. The number of H-pyrrole nitrogens is 1. The summed E-state index contributed by atoms with van der Waals surface area (Å²) in [7, 11) is 0. The number of rotatable bonds is 5. The van der Waals surface area contributed by atoms with E-state index in [0.29, 0.717) is 22.5 Å². The zero-order valence-electron chi connectivity index (χ0n) is 14.9. The van der Waals surface area contributed by atoms with Gasteiger partial charge in [-0.1, -0.05) is 37.3 Å². The van der Waals surface area contributed by atoms with Crippen LogP contribution < -0.4 is 11.0 Å². The van der Waals surface area contributed by atoms with E-state index < -0.39 is 0 Å². The van der Waals surface area contributed by atoms with E-state index in [-0.39, 0.29) is 17.9 Å². The molecule has 134 valence electrons. The molecule has 0 bridgehead atoms. The van der Waals surface area contributed by atoms with Crippen LogP contribution in [0.25, 0.3) is 10.2 Å². The normalized spacial score (nSPS) is 11.7. The molecular formula is C19H20N4O2S. The maximum atomic E-state index is 12.3. The van der Waals surface area contributed by atoms with Gasteiger partial charge in [0.25, 0.3) is 5.56 Å². The van der Waals surface area contributed by atoms with Crippen LogP contribution in [0.4, 0.5) is 0 Å². The van der Waals surface area contributed by atoms with E-state index in [4.69, 9.17) is 0 Å². The van der Waals surface area contributed by atoms with Crippen LogP contribution in [0.15, 0.2) is 40.2 Å². The van der Waals surface area contributed by atoms with Crippen molar-refractivity contribution < 1.29 is 4.79 Å². The molecule has 0 aliphatic heterocycles. The summed E-state index contributed by atoms with van der Waals surface area (Å²) >= 11 is 1.46. The molecule has 0 atom stereocenters. The molecule has 2 aromatic heterocycles. The highest BCUT2D eigenvalue weighted by atomic mass is 32.1. The van der Waals surface area contributed by atoms with Crippen molar-refractivity contribution in [3.63, 3.8) is 0 Å². The van der Waals surface area contributed by atoms with Crippen molar-refractivity contribution in [3.05, 3.63) is 62.5 Å². The van der Waals surface area contributed by atoms with Crippen LogP contribution >= 0.6 is 11.3 Å². The summed E-state index contributed by atoms with van der Waals surface area (Å²) in [6.07, 6.45) is 0.662. The molecular weight excluding hydrogens is 348 g/mol. The van der Waals surface area contributed by atoms with Crippen LogP contribution in [-0.2, 0) is 11.2 Å².